The quantitative estimate of drug-likeness (QED) is 0.444. The van der Waals surface area contributed by atoms with E-state index in [0.29, 0.717) is 18.6 Å². The first-order valence-electron chi connectivity index (χ1n) is 8.71. The summed E-state index contributed by atoms with van der Waals surface area (Å²) in [5.41, 5.74) is 1.16. The molecular weight excluding hydrogens is 372 g/mol. The van der Waals surface area contributed by atoms with E-state index in [1.54, 1.807) is 0 Å². The van der Waals surface area contributed by atoms with Crippen molar-refractivity contribution in [1.82, 2.24) is 15.5 Å². The van der Waals surface area contributed by atoms with Crippen molar-refractivity contribution in [3.05, 3.63) is 70.5 Å². The van der Waals surface area contributed by atoms with Gasteiger partial charge in [0.25, 0.3) is 0 Å². The lowest BCUT2D eigenvalue weighted by atomic mass is 10.1. The maximum Gasteiger partial charge on any atom is 0.416 e. The molecule has 0 saturated heterocycles. The first-order valence-corrected chi connectivity index (χ1v) is 8.71. The van der Waals surface area contributed by atoms with E-state index in [0.717, 1.165) is 24.2 Å². The average molecular weight is 396 g/mol. The molecule has 0 bridgehead atoms. The van der Waals surface area contributed by atoms with Crippen LogP contribution in [0.3, 0.4) is 0 Å². The minimum absolute atomic E-state index is 0.0510. The van der Waals surface area contributed by atoms with Crippen molar-refractivity contribution in [2.24, 2.45) is 4.99 Å². The Bertz CT molecular complexity index is 799. The number of halogens is 4. The summed E-state index contributed by atoms with van der Waals surface area (Å²) < 4.78 is 52.4. The Hall–Kier alpha value is -2.61. The first-order chi connectivity index (χ1) is 13.2. The molecule has 2 rings (SSSR count). The summed E-state index contributed by atoms with van der Waals surface area (Å²) in [6, 6.07) is 10.7. The van der Waals surface area contributed by atoms with Gasteiger partial charge in [-0.2, -0.15) is 13.2 Å². The van der Waals surface area contributed by atoms with Gasteiger partial charge >= 0.3 is 6.18 Å². The summed E-state index contributed by atoms with van der Waals surface area (Å²) in [6.07, 6.45) is -4.62. The van der Waals surface area contributed by atoms with Crippen molar-refractivity contribution in [2.45, 2.75) is 25.8 Å². The number of nitrogens with zero attached hydrogens (tertiary/aromatic N) is 2. The van der Waals surface area contributed by atoms with Crippen LogP contribution in [0.2, 0.25) is 0 Å². The van der Waals surface area contributed by atoms with E-state index in [2.05, 4.69) is 20.5 Å². The van der Waals surface area contributed by atoms with Crippen molar-refractivity contribution in [3.8, 4) is 0 Å². The number of aliphatic imine (C=N–C) groups is 1. The third kappa shape index (κ3) is 6.53. The predicted molar refractivity (Wildman–Crippen MR) is 102 cm³/mol. The van der Waals surface area contributed by atoms with Crippen molar-refractivity contribution in [1.29, 1.82) is 0 Å². The molecule has 28 heavy (non-hydrogen) atoms. The van der Waals surface area contributed by atoms with Crippen molar-refractivity contribution in [2.75, 3.05) is 21.1 Å². The lowest BCUT2D eigenvalue weighted by Gasteiger charge is -2.16. The molecule has 4 nitrogen and oxygen atoms in total. The zero-order chi connectivity index (χ0) is 20.7. The molecule has 0 aliphatic rings. The van der Waals surface area contributed by atoms with Gasteiger partial charge in [0.15, 0.2) is 5.96 Å². The number of hydrogen-bond donors (Lipinski definition) is 2. The SMILES string of the molecule is CN=C(NCc1ccc(CN(C)C)cc1)NCc1ccc(F)cc1C(F)(F)F. The maximum absolute atomic E-state index is 13.2. The van der Waals surface area contributed by atoms with Gasteiger partial charge < -0.3 is 15.5 Å². The Morgan fingerprint density at radius 3 is 2.14 bits per heavy atom. The van der Waals surface area contributed by atoms with Gasteiger partial charge in [-0.15, -0.1) is 0 Å². The second kappa shape index (κ2) is 9.54. The van der Waals surface area contributed by atoms with Crippen molar-refractivity contribution in [3.63, 3.8) is 0 Å². The van der Waals surface area contributed by atoms with Crippen LogP contribution in [-0.2, 0) is 25.8 Å². The minimum Gasteiger partial charge on any atom is -0.352 e. The summed E-state index contributed by atoms with van der Waals surface area (Å²) in [7, 11) is 5.53. The molecule has 2 N–H and O–H groups in total. The van der Waals surface area contributed by atoms with Gasteiger partial charge in [-0.3, -0.25) is 4.99 Å². The van der Waals surface area contributed by atoms with E-state index in [-0.39, 0.29) is 12.1 Å². The topological polar surface area (TPSA) is 39.7 Å². The molecule has 0 radical (unpaired) electrons. The lowest BCUT2D eigenvalue weighted by molar-refractivity contribution is -0.138. The van der Waals surface area contributed by atoms with E-state index >= 15 is 0 Å². The van der Waals surface area contributed by atoms with Crippen LogP contribution in [0.5, 0.6) is 0 Å². The Kier molecular flexibility index (Phi) is 7.39. The zero-order valence-corrected chi connectivity index (χ0v) is 16.1. The molecule has 2 aromatic carbocycles. The number of guanidine groups is 1. The molecule has 8 heteroatoms. The van der Waals surface area contributed by atoms with Gasteiger partial charge in [0.1, 0.15) is 5.82 Å². The van der Waals surface area contributed by atoms with Crippen LogP contribution in [0.4, 0.5) is 17.6 Å². The van der Waals surface area contributed by atoms with E-state index in [9.17, 15) is 17.6 Å². The Morgan fingerprint density at radius 1 is 0.964 bits per heavy atom. The Balaban J connectivity index is 1.95. The molecule has 0 aliphatic carbocycles. The smallest absolute Gasteiger partial charge is 0.352 e. The van der Waals surface area contributed by atoms with Crippen LogP contribution in [0.25, 0.3) is 0 Å². The van der Waals surface area contributed by atoms with Crippen molar-refractivity contribution >= 4 is 5.96 Å². The van der Waals surface area contributed by atoms with Gasteiger partial charge in [0.05, 0.1) is 5.56 Å². The maximum atomic E-state index is 13.2. The fourth-order valence-electron chi connectivity index (χ4n) is 2.68. The molecule has 2 aromatic rings. The standard InChI is InChI=1S/C20H24F4N4/c1-25-19(26-11-14-4-6-15(7-5-14)13-28(2)3)27-12-16-8-9-17(21)10-18(16)20(22,23)24/h4-10H,11-13H2,1-3H3,(H2,25,26,27). The normalized spacial score (nSPS) is 12.4. The highest BCUT2D eigenvalue weighted by molar-refractivity contribution is 5.79. The van der Waals surface area contributed by atoms with Crippen LogP contribution in [0.1, 0.15) is 22.3 Å². The van der Waals surface area contributed by atoms with Gasteiger partial charge in [-0.05, 0) is 42.9 Å². The number of hydrogen-bond acceptors (Lipinski definition) is 2. The van der Waals surface area contributed by atoms with Crippen LogP contribution < -0.4 is 10.6 Å². The minimum atomic E-state index is -4.62. The first kappa shape index (κ1) is 21.7. The fourth-order valence-corrected chi connectivity index (χ4v) is 2.68. The molecular formula is C20H24F4N4. The number of alkyl halides is 3. The second-order valence-corrected chi connectivity index (χ2v) is 6.63. The molecule has 0 spiro atoms. The summed E-state index contributed by atoms with van der Waals surface area (Å²) in [5, 5.41) is 5.89. The largest absolute Gasteiger partial charge is 0.416 e. The highest BCUT2D eigenvalue weighted by Crippen LogP contribution is 2.32. The van der Waals surface area contributed by atoms with E-state index in [1.807, 2.05) is 38.4 Å². The van der Waals surface area contributed by atoms with Gasteiger partial charge in [-0.1, -0.05) is 30.3 Å². The molecule has 0 heterocycles. The summed E-state index contributed by atoms with van der Waals surface area (Å²) in [6.45, 7) is 1.18. The van der Waals surface area contributed by atoms with Crippen LogP contribution in [0.15, 0.2) is 47.5 Å². The highest BCUT2D eigenvalue weighted by Gasteiger charge is 2.33. The van der Waals surface area contributed by atoms with Gasteiger partial charge in [-0.25, -0.2) is 4.39 Å². The van der Waals surface area contributed by atoms with E-state index in [1.165, 1.54) is 12.6 Å². The molecule has 0 unspecified atom stereocenters. The highest BCUT2D eigenvalue weighted by atomic mass is 19.4. The molecule has 152 valence electrons. The number of rotatable bonds is 6. The van der Waals surface area contributed by atoms with Crippen LogP contribution in [0, 0.1) is 5.82 Å². The van der Waals surface area contributed by atoms with Crippen LogP contribution in [-0.4, -0.2) is 32.0 Å². The number of benzene rings is 2. The van der Waals surface area contributed by atoms with Gasteiger partial charge in [0, 0.05) is 26.7 Å². The average Bonchev–Trinajstić information content (AvgIpc) is 2.62. The second-order valence-electron chi connectivity index (χ2n) is 6.63. The third-order valence-corrected chi connectivity index (χ3v) is 4.03. The monoisotopic (exact) mass is 396 g/mol. The molecule has 0 fully saturated rings. The third-order valence-electron chi connectivity index (χ3n) is 4.03. The molecule has 0 saturated carbocycles. The van der Waals surface area contributed by atoms with E-state index < -0.39 is 17.6 Å². The molecule has 0 aromatic heterocycles. The summed E-state index contributed by atoms with van der Waals surface area (Å²) in [4.78, 5) is 6.09. The van der Waals surface area contributed by atoms with Crippen molar-refractivity contribution < 1.29 is 17.6 Å². The molecule has 0 aliphatic heterocycles. The predicted octanol–water partition coefficient (Wildman–Crippen LogP) is 3.77. The molecule has 0 amide bonds. The van der Waals surface area contributed by atoms with Crippen LogP contribution >= 0.6 is 0 Å². The summed E-state index contributed by atoms with van der Waals surface area (Å²) in [5.74, 6) is -0.564. The van der Waals surface area contributed by atoms with E-state index in [4.69, 9.17) is 0 Å². The summed E-state index contributed by atoms with van der Waals surface area (Å²) >= 11 is 0. The Labute approximate surface area is 162 Å². The fraction of sp³-hybridized carbons (Fsp3) is 0.350. The molecule has 0 atom stereocenters. The zero-order valence-electron chi connectivity index (χ0n) is 16.1. The number of nitrogens with one attached hydrogen (secondary N) is 2. The Morgan fingerprint density at radius 2 is 1.57 bits per heavy atom. The van der Waals surface area contributed by atoms with Gasteiger partial charge in [0.2, 0.25) is 0 Å². The lowest BCUT2D eigenvalue weighted by Crippen LogP contribution is -2.36.